The number of hydrogen-bond donors (Lipinski definition) is 1. The van der Waals surface area contributed by atoms with Crippen molar-refractivity contribution in [2.24, 2.45) is 0 Å². The minimum absolute atomic E-state index is 0.00555. The first-order valence-electron chi connectivity index (χ1n) is 11.1. The lowest BCUT2D eigenvalue weighted by Gasteiger charge is -2.20. The fourth-order valence-corrected chi connectivity index (χ4v) is 5.07. The van der Waals surface area contributed by atoms with Crippen molar-refractivity contribution >= 4 is 17.7 Å². The van der Waals surface area contributed by atoms with Crippen molar-refractivity contribution in [1.29, 1.82) is 0 Å². The van der Waals surface area contributed by atoms with Crippen LogP contribution in [0.15, 0.2) is 47.9 Å². The van der Waals surface area contributed by atoms with E-state index in [2.05, 4.69) is 50.2 Å². The molecule has 160 valence electrons. The summed E-state index contributed by atoms with van der Waals surface area (Å²) in [5, 5.41) is 12.8. The Hall–Kier alpha value is -2.67. The maximum absolute atomic E-state index is 12.7. The van der Waals surface area contributed by atoms with Crippen molar-refractivity contribution in [3.8, 4) is 11.4 Å². The molecule has 2 aliphatic carbocycles. The summed E-state index contributed by atoms with van der Waals surface area (Å²) in [6, 6.07) is 11.0. The molecule has 6 nitrogen and oxygen atoms in total. The number of hydrogen-bond acceptors (Lipinski definition) is 5. The highest BCUT2D eigenvalue weighted by Crippen LogP contribution is 2.41. The number of aromatic nitrogens is 4. The van der Waals surface area contributed by atoms with E-state index >= 15 is 0 Å². The summed E-state index contributed by atoms with van der Waals surface area (Å²) >= 11 is 1.46. The van der Waals surface area contributed by atoms with Crippen LogP contribution in [0.3, 0.4) is 0 Å². The maximum Gasteiger partial charge on any atom is 0.230 e. The number of carbonyl (C=O) groups excluding carboxylic acids is 1. The summed E-state index contributed by atoms with van der Waals surface area (Å²) < 4.78 is 2.18. The zero-order valence-corrected chi connectivity index (χ0v) is 18.6. The normalized spacial score (nSPS) is 16.5. The molecule has 1 fully saturated rings. The molecule has 5 rings (SSSR count). The Morgan fingerprint density at radius 2 is 1.90 bits per heavy atom. The van der Waals surface area contributed by atoms with E-state index in [0.29, 0.717) is 11.8 Å². The number of thioether (sulfide) groups is 1. The van der Waals surface area contributed by atoms with Gasteiger partial charge in [-0.25, -0.2) is 0 Å². The van der Waals surface area contributed by atoms with Crippen LogP contribution in [0.4, 0.5) is 0 Å². The van der Waals surface area contributed by atoms with Crippen molar-refractivity contribution in [1.82, 2.24) is 25.1 Å². The van der Waals surface area contributed by atoms with Crippen LogP contribution in [-0.2, 0) is 17.6 Å². The van der Waals surface area contributed by atoms with Crippen LogP contribution in [0.25, 0.3) is 11.4 Å². The Kier molecular flexibility index (Phi) is 5.76. The molecule has 1 aromatic carbocycles. The van der Waals surface area contributed by atoms with Gasteiger partial charge in [0.05, 0.1) is 11.8 Å². The Labute approximate surface area is 186 Å². The molecule has 31 heavy (non-hydrogen) atoms. The molecule has 0 bridgehead atoms. The van der Waals surface area contributed by atoms with Gasteiger partial charge in [0.1, 0.15) is 0 Å². The molecule has 1 atom stereocenters. The largest absolute Gasteiger partial charge is 0.349 e. The van der Waals surface area contributed by atoms with Gasteiger partial charge < -0.3 is 5.32 Å². The molecule has 0 saturated heterocycles. The average Bonchev–Trinajstić information content (AvgIpc) is 3.56. The number of nitrogens with one attached hydrogen (secondary N) is 1. The van der Waals surface area contributed by atoms with Crippen LogP contribution in [0, 0.1) is 0 Å². The summed E-state index contributed by atoms with van der Waals surface area (Å²) in [4.78, 5) is 16.8. The van der Waals surface area contributed by atoms with Gasteiger partial charge in [0.2, 0.25) is 5.91 Å². The standard InChI is InChI=1S/C24H27N5OS/c1-16(19-7-6-17-4-2-3-5-20(17)14-19)26-22(30)15-31-24-28-27-23(29(24)21-8-9-21)18-10-12-25-13-11-18/h6-7,10-14,16,21H,2-5,8-9,15H2,1H3,(H,26,30). The lowest BCUT2D eigenvalue weighted by atomic mass is 9.89. The second-order valence-electron chi connectivity index (χ2n) is 8.46. The highest BCUT2D eigenvalue weighted by atomic mass is 32.2. The zero-order chi connectivity index (χ0) is 21.2. The van der Waals surface area contributed by atoms with Gasteiger partial charge in [-0.1, -0.05) is 30.0 Å². The predicted molar refractivity (Wildman–Crippen MR) is 122 cm³/mol. The molecule has 2 heterocycles. The van der Waals surface area contributed by atoms with Crippen molar-refractivity contribution < 1.29 is 4.79 Å². The fourth-order valence-electron chi connectivity index (χ4n) is 4.25. The molecule has 3 aromatic rings. The number of rotatable bonds is 7. The van der Waals surface area contributed by atoms with Gasteiger partial charge in [0.25, 0.3) is 0 Å². The molecule has 1 amide bonds. The number of benzene rings is 1. The van der Waals surface area contributed by atoms with Crippen LogP contribution in [-0.4, -0.2) is 31.4 Å². The highest BCUT2D eigenvalue weighted by molar-refractivity contribution is 7.99. The molecule has 1 saturated carbocycles. The second-order valence-corrected chi connectivity index (χ2v) is 9.40. The molecule has 0 aliphatic heterocycles. The van der Waals surface area contributed by atoms with Crippen LogP contribution < -0.4 is 5.32 Å². The van der Waals surface area contributed by atoms with Crippen LogP contribution in [0.2, 0.25) is 0 Å². The van der Waals surface area contributed by atoms with E-state index in [0.717, 1.165) is 35.8 Å². The van der Waals surface area contributed by atoms with Gasteiger partial charge in [-0.2, -0.15) is 0 Å². The number of fused-ring (bicyclic) bond motifs is 1. The van der Waals surface area contributed by atoms with E-state index in [1.165, 1.54) is 47.7 Å². The molecule has 2 aliphatic rings. The quantitative estimate of drug-likeness (QED) is 0.555. The number of amides is 1. The Morgan fingerprint density at radius 3 is 2.68 bits per heavy atom. The minimum Gasteiger partial charge on any atom is -0.349 e. The van der Waals surface area contributed by atoms with Gasteiger partial charge in [-0.3, -0.25) is 14.3 Å². The number of carbonyl (C=O) groups is 1. The van der Waals surface area contributed by atoms with Crippen molar-refractivity contribution in [3.05, 3.63) is 59.4 Å². The summed E-state index contributed by atoms with van der Waals surface area (Å²) in [6.07, 6.45) is 10.7. The molecule has 1 unspecified atom stereocenters. The van der Waals surface area contributed by atoms with E-state index in [1.54, 1.807) is 12.4 Å². The minimum atomic E-state index is -0.00555. The monoisotopic (exact) mass is 433 g/mol. The lowest BCUT2D eigenvalue weighted by molar-refractivity contribution is -0.119. The van der Waals surface area contributed by atoms with E-state index in [1.807, 2.05) is 12.1 Å². The Balaban J connectivity index is 1.23. The summed E-state index contributed by atoms with van der Waals surface area (Å²) in [5.74, 6) is 1.21. The zero-order valence-electron chi connectivity index (χ0n) is 17.8. The third-order valence-electron chi connectivity index (χ3n) is 6.10. The lowest BCUT2D eigenvalue weighted by Crippen LogP contribution is -2.28. The third-order valence-corrected chi connectivity index (χ3v) is 7.04. The van der Waals surface area contributed by atoms with Gasteiger partial charge in [0.15, 0.2) is 11.0 Å². The maximum atomic E-state index is 12.7. The van der Waals surface area contributed by atoms with Crippen LogP contribution in [0.5, 0.6) is 0 Å². The molecular formula is C24H27N5OS. The summed E-state index contributed by atoms with van der Waals surface area (Å²) in [5.41, 5.74) is 5.10. The highest BCUT2D eigenvalue weighted by Gasteiger charge is 2.30. The van der Waals surface area contributed by atoms with E-state index in [4.69, 9.17) is 0 Å². The first kappa shape index (κ1) is 20.2. The fraction of sp³-hybridized carbons (Fsp3) is 0.417. The summed E-state index contributed by atoms with van der Waals surface area (Å²) in [7, 11) is 0. The van der Waals surface area contributed by atoms with Gasteiger partial charge in [0, 0.05) is 24.0 Å². The smallest absolute Gasteiger partial charge is 0.230 e. The van der Waals surface area contributed by atoms with E-state index in [-0.39, 0.29) is 11.9 Å². The summed E-state index contributed by atoms with van der Waals surface area (Å²) in [6.45, 7) is 2.06. The van der Waals surface area contributed by atoms with Crippen LogP contribution >= 0.6 is 11.8 Å². The molecular weight excluding hydrogens is 406 g/mol. The second kappa shape index (κ2) is 8.83. The first-order chi connectivity index (χ1) is 15.2. The van der Waals surface area contributed by atoms with Crippen molar-refractivity contribution in [2.75, 3.05) is 5.75 Å². The topological polar surface area (TPSA) is 72.7 Å². The molecule has 0 spiro atoms. The SMILES string of the molecule is CC(NC(=O)CSc1nnc(-c2ccncc2)n1C1CC1)c1ccc2c(c1)CCCC2. The van der Waals surface area contributed by atoms with Gasteiger partial charge in [-0.15, -0.1) is 10.2 Å². The van der Waals surface area contributed by atoms with Gasteiger partial charge in [-0.05, 0) is 74.3 Å². The van der Waals surface area contributed by atoms with Gasteiger partial charge >= 0.3 is 0 Å². The first-order valence-corrected chi connectivity index (χ1v) is 12.1. The van der Waals surface area contributed by atoms with Crippen molar-refractivity contribution in [2.45, 2.75) is 62.7 Å². The molecule has 2 aromatic heterocycles. The molecule has 1 N–H and O–H groups in total. The number of pyridine rings is 1. The van der Waals surface area contributed by atoms with Crippen LogP contribution in [0.1, 0.15) is 61.4 Å². The number of aryl methyl sites for hydroxylation is 2. The van der Waals surface area contributed by atoms with E-state index < -0.39 is 0 Å². The van der Waals surface area contributed by atoms with E-state index in [9.17, 15) is 4.79 Å². The Morgan fingerprint density at radius 1 is 1.13 bits per heavy atom. The molecule has 0 radical (unpaired) electrons. The third kappa shape index (κ3) is 4.51. The Bertz CT molecular complexity index is 1080. The number of nitrogens with zero attached hydrogens (tertiary/aromatic N) is 4. The molecule has 7 heteroatoms. The predicted octanol–water partition coefficient (Wildman–Crippen LogP) is 4.52. The van der Waals surface area contributed by atoms with Crippen molar-refractivity contribution in [3.63, 3.8) is 0 Å². The average molecular weight is 434 g/mol.